The van der Waals surface area contributed by atoms with E-state index in [-0.39, 0.29) is 17.8 Å². The third-order valence-corrected chi connectivity index (χ3v) is 5.94. The van der Waals surface area contributed by atoms with E-state index in [0.29, 0.717) is 14.9 Å². The highest BCUT2D eigenvalue weighted by atomic mass is 32.2. The van der Waals surface area contributed by atoms with Gasteiger partial charge >= 0.3 is 0 Å². The lowest BCUT2D eigenvalue weighted by Crippen LogP contribution is -2.27. The molecule has 0 N–H and O–H groups in total. The molecule has 150 valence electrons. The van der Waals surface area contributed by atoms with Gasteiger partial charge in [-0.2, -0.15) is 0 Å². The highest BCUT2D eigenvalue weighted by Crippen LogP contribution is 2.36. The minimum atomic E-state index is -0.358. The fourth-order valence-corrected chi connectivity index (χ4v) is 4.37. The van der Waals surface area contributed by atoms with E-state index in [4.69, 9.17) is 17.0 Å². The largest absolute Gasteiger partial charge is 0.486 e. The van der Waals surface area contributed by atoms with Crippen molar-refractivity contribution in [2.24, 2.45) is 0 Å². The zero-order valence-corrected chi connectivity index (χ0v) is 17.8. The molecule has 3 aromatic rings. The van der Waals surface area contributed by atoms with Gasteiger partial charge in [-0.15, -0.1) is 0 Å². The molecule has 1 fully saturated rings. The van der Waals surface area contributed by atoms with Crippen LogP contribution in [0.25, 0.3) is 6.08 Å². The Kier molecular flexibility index (Phi) is 5.97. The summed E-state index contributed by atoms with van der Waals surface area (Å²) in [6.07, 6.45) is 1.73. The van der Waals surface area contributed by atoms with E-state index >= 15 is 0 Å². The van der Waals surface area contributed by atoms with Crippen LogP contribution in [-0.4, -0.2) is 10.2 Å². The molecule has 1 unspecified atom stereocenters. The maximum absolute atomic E-state index is 13.2. The number of thioether (sulfide) groups is 1. The van der Waals surface area contributed by atoms with Crippen molar-refractivity contribution in [3.8, 4) is 5.75 Å². The number of carbonyl (C=O) groups excluding carboxylic acids is 1. The van der Waals surface area contributed by atoms with E-state index in [9.17, 15) is 9.18 Å². The number of hydrogen-bond donors (Lipinski definition) is 0. The molecule has 6 heteroatoms. The van der Waals surface area contributed by atoms with Gasteiger partial charge in [-0.3, -0.25) is 9.69 Å². The summed E-state index contributed by atoms with van der Waals surface area (Å²) in [7, 11) is 0. The summed E-state index contributed by atoms with van der Waals surface area (Å²) in [5.41, 5.74) is 2.53. The number of carbonyl (C=O) groups is 1. The molecular formula is C24H18FNO2S2. The van der Waals surface area contributed by atoms with Gasteiger partial charge in [0.1, 0.15) is 17.7 Å². The van der Waals surface area contributed by atoms with Crippen LogP contribution in [0.1, 0.15) is 24.2 Å². The molecule has 30 heavy (non-hydrogen) atoms. The van der Waals surface area contributed by atoms with Crippen LogP contribution in [0.2, 0.25) is 0 Å². The van der Waals surface area contributed by atoms with Crippen molar-refractivity contribution >= 4 is 46.0 Å². The summed E-state index contributed by atoms with van der Waals surface area (Å²) in [4.78, 5) is 14.8. The topological polar surface area (TPSA) is 29.5 Å². The molecule has 1 aliphatic rings. The van der Waals surface area contributed by atoms with Gasteiger partial charge in [0, 0.05) is 0 Å². The average molecular weight is 436 g/mol. The van der Waals surface area contributed by atoms with Gasteiger partial charge in [-0.25, -0.2) is 4.39 Å². The van der Waals surface area contributed by atoms with Gasteiger partial charge in [-0.1, -0.05) is 66.4 Å². The van der Waals surface area contributed by atoms with Crippen molar-refractivity contribution in [2.75, 3.05) is 4.90 Å². The Bertz CT molecular complexity index is 1100. The maximum atomic E-state index is 13.2. The zero-order valence-electron chi connectivity index (χ0n) is 16.1. The van der Waals surface area contributed by atoms with Gasteiger partial charge in [0.25, 0.3) is 5.91 Å². The Balaban J connectivity index is 1.48. The molecule has 1 atom stereocenters. The SMILES string of the molecule is CC(Oc1ccc(C=C2SC(=S)N(c3ccc(F)cc3)C2=O)cc1)c1ccccc1. The number of anilines is 1. The molecule has 0 saturated carbocycles. The van der Waals surface area contributed by atoms with Crippen molar-refractivity contribution in [2.45, 2.75) is 13.0 Å². The van der Waals surface area contributed by atoms with E-state index in [0.717, 1.165) is 16.9 Å². The Labute approximate surface area is 184 Å². The van der Waals surface area contributed by atoms with Crippen LogP contribution >= 0.6 is 24.0 Å². The Hall–Kier alpha value is -2.96. The summed E-state index contributed by atoms with van der Waals surface area (Å²) in [5, 5.41) is 0. The molecule has 3 nitrogen and oxygen atoms in total. The van der Waals surface area contributed by atoms with Gasteiger partial charge < -0.3 is 4.74 Å². The number of rotatable bonds is 5. The normalized spacial score (nSPS) is 16.2. The molecule has 0 aliphatic carbocycles. The number of amides is 1. The molecule has 1 aliphatic heterocycles. The van der Waals surface area contributed by atoms with Crippen LogP contribution < -0.4 is 9.64 Å². The molecule has 1 amide bonds. The molecule has 1 heterocycles. The fraction of sp³-hybridized carbons (Fsp3) is 0.0833. The molecule has 0 aromatic heterocycles. The average Bonchev–Trinajstić information content (AvgIpc) is 3.04. The van der Waals surface area contributed by atoms with Gasteiger partial charge in [0.05, 0.1) is 10.6 Å². The summed E-state index contributed by atoms with van der Waals surface area (Å²) in [6.45, 7) is 2.00. The lowest BCUT2D eigenvalue weighted by atomic mass is 10.1. The fourth-order valence-electron chi connectivity index (χ4n) is 3.07. The third kappa shape index (κ3) is 4.45. The highest BCUT2D eigenvalue weighted by molar-refractivity contribution is 8.27. The van der Waals surface area contributed by atoms with Crippen molar-refractivity contribution < 1.29 is 13.9 Å². The highest BCUT2D eigenvalue weighted by Gasteiger charge is 2.33. The minimum Gasteiger partial charge on any atom is -0.486 e. The lowest BCUT2D eigenvalue weighted by Gasteiger charge is -2.15. The van der Waals surface area contributed by atoms with E-state index in [1.54, 1.807) is 18.2 Å². The van der Waals surface area contributed by atoms with Crippen molar-refractivity contribution in [1.82, 2.24) is 0 Å². The second-order valence-electron chi connectivity index (χ2n) is 6.73. The summed E-state index contributed by atoms with van der Waals surface area (Å²) in [6, 6.07) is 23.3. The predicted octanol–water partition coefficient (Wildman–Crippen LogP) is 6.37. The van der Waals surface area contributed by atoms with Crippen molar-refractivity contribution in [3.63, 3.8) is 0 Å². The quantitative estimate of drug-likeness (QED) is 0.344. The first-order chi connectivity index (χ1) is 14.5. The molecule has 0 radical (unpaired) electrons. The predicted molar refractivity (Wildman–Crippen MR) is 124 cm³/mol. The number of ether oxygens (including phenoxy) is 1. The Morgan fingerprint density at radius 1 is 1.00 bits per heavy atom. The first-order valence-corrected chi connectivity index (χ1v) is 10.6. The summed E-state index contributed by atoms with van der Waals surface area (Å²) in [5.74, 6) is 0.181. The zero-order chi connectivity index (χ0) is 21.1. The minimum absolute atomic E-state index is 0.0657. The number of halogens is 1. The summed E-state index contributed by atoms with van der Waals surface area (Å²) >= 11 is 6.59. The van der Waals surface area contributed by atoms with E-state index in [1.807, 2.05) is 61.5 Å². The molecule has 0 spiro atoms. The van der Waals surface area contributed by atoms with Crippen molar-refractivity contribution in [3.05, 3.63) is 101 Å². The smallest absolute Gasteiger partial charge is 0.270 e. The Morgan fingerprint density at radius 3 is 2.33 bits per heavy atom. The maximum Gasteiger partial charge on any atom is 0.270 e. The number of nitrogens with zero attached hydrogens (tertiary/aromatic N) is 1. The summed E-state index contributed by atoms with van der Waals surface area (Å²) < 4.78 is 19.6. The van der Waals surface area contributed by atoms with Gasteiger partial charge in [-0.05, 0) is 60.5 Å². The van der Waals surface area contributed by atoms with E-state index in [2.05, 4.69) is 0 Å². The number of thiocarbonyl (C=S) groups is 1. The van der Waals surface area contributed by atoms with Crippen LogP contribution in [-0.2, 0) is 4.79 Å². The molecule has 4 rings (SSSR count). The van der Waals surface area contributed by atoms with E-state index in [1.165, 1.54) is 28.8 Å². The molecule has 1 saturated heterocycles. The third-order valence-electron chi connectivity index (χ3n) is 4.64. The molecule has 0 bridgehead atoms. The van der Waals surface area contributed by atoms with Crippen LogP contribution in [0.15, 0.2) is 83.8 Å². The second kappa shape index (κ2) is 8.81. The number of benzene rings is 3. The first-order valence-electron chi connectivity index (χ1n) is 9.36. The van der Waals surface area contributed by atoms with Crippen LogP contribution in [0.3, 0.4) is 0 Å². The first kappa shape index (κ1) is 20.3. The monoisotopic (exact) mass is 435 g/mol. The molecular weight excluding hydrogens is 417 g/mol. The van der Waals surface area contributed by atoms with Gasteiger partial charge in [0.2, 0.25) is 0 Å². The van der Waals surface area contributed by atoms with Crippen LogP contribution in [0.5, 0.6) is 5.75 Å². The Morgan fingerprint density at radius 2 is 1.67 bits per heavy atom. The molecule has 3 aromatic carbocycles. The van der Waals surface area contributed by atoms with Crippen LogP contribution in [0.4, 0.5) is 10.1 Å². The van der Waals surface area contributed by atoms with Gasteiger partial charge in [0.15, 0.2) is 4.32 Å². The van der Waals surface area contributed by atoms with E-state index < -0.39 is 0 Å². The lowest BCUT2D eigenvalue weighted by molar-refractivity contribution is -0.113. The van der Waals surface area contributed by atoms with Crippen molar-refractivity contribution in [1.29, 1.82) is 0 Å². The number of hydrogen-bond acceptors (Lipinski definition) is 4. The standard InChI is InChI=1S/C24H18FNO2S2/c1-16(18-5-3-2-4-6-18)28-21-13-7-17(8-14-21)15-22-23(27)26(24(29)30-22)20-11-9-19(25)10-12-20/h2-16H,1H3. The van der Waals surface area contributed by atoms with Crippen LogP contribution in [0, 0.1) is 5.82 Å². The second-order valence-corrected chi connectivity index (χ2v) is 8.41.